The molecule has 0 bridgehead atoms. The molecule has 0 atom stereocenters. The monoisotopic (exact) mass is 357 g/mol. The second-order valence-electron chi connectivity index (χ2n) is 6.34. The van der Waals surface area contributed by atoms with Crippen molar-refractivity contribution in [1.82, 2.24) is 14.5 Å². The van der Waals surface area contributed by atoms with E-state index in [1.165, 1.54) is 22.5 Å². The molecule has 1 fully saturated rings. The Bertz CT molecular complexity index is 671. The lowest BCUT2D eigenvalue weighted by Gasteiger charge is -2.33. The summed E-state index contributed by atoms with van der Waals surface area (Å²) in [4.78, 5) is 13.7. The summed E-state index contributed by atoms with van der Waals surface area (Å²) in [6.07, 6.45) is 0. The Morgan fingerprint density at radius 2 is 1.92 bits per heavy atom. The first-order valence-electron chi connectivity index (χ1n) is 8.04. The van der Waals surface area contributed by atoms with Crippen molar-refractivity contribution in [2.75, 3.05) is 39.3 Å². The van der Waals surface area contributed by atoms with Gasteiger partial charge in [-0.25, -0.2) is 12.8 Å². The summed E-state index contributed by atoms with van der Waals surface area (Å²) in [6.45, 7) is 6.47. The lowest BCUT2D eigenvalue weighted by atomic mass is 10.2. The van der Waals surface area contributed by atoms with Gasteiger partial charge in [-0.2, -0.15) is 4.31 Å². The second kappa shape index (κ2) is 8.04. The van der Waals surface area contributed by atoms with E-state index in [0.29, 0.717) is 25.6 Å². The highest BCUT2D eigenvalue weighted by molar-refractivity contribution is 7.89. The normalized spacial score (nSPS) is 17.2. The van der Waals surface area contributed by atoms with Crippen molar-refractivity contribution in [3.05, 3.63) is 30.1 Å². The van der Waals surface area contributed by atoms with Crippen LogP contribution in [-0.4, -0.2) is 62.8 Å². The van der Waals surface area contributed by atoms with Gasteiger partial charge in [0.25, 0.3) is 0 Å². The molecule has 1 aliphatic rings. The molecule has 1 amide bonds. The molecule has 0 aromatic heterocycles. The summed E-state index contributed by atoms with van der Waals surface area (Å²) in [7, 11) is -3.69. The van der Waals surface area contributed by atoms with Crippen LogP contribution in [-0.2, 0) is 14.8 Å². The van der Waals surface area contributed by atoms with Crippen molar-refractivity contribution in [1.29, 1.82) is 0 Å². The molecular weight excluding hydrogens is 333 g/mol. The van der Waals surface area contributed by atoms with Crippen molar-refractivity contribution in [3.63, 3.8) is 0 Å². The van der Waals surface area contributed by atoms with Gasteiger partial charge in [-0.3, -0.25) is 9.69 Å². The molecule has 0 saturated carbocycles. The summed E-state index contributed by atoms with van der Waals surface area (Å²) in [6, 6.07) is 5.02. The van der Waals surface area contributed by atoms with Crippen LogP contribution < -0.4 is 5.32 Å². The second-order valence-corrected chi connectivity index (χ2v) is 8.27. The van der Waals surface area contributed by atoms with E-state index < -0.39 is 15.8 Å². The van der Waals surface area contributed by atoms with E-state index in [-0.39, 0.29) is 30.4 Å². The molecule has 1 saturated heterocycles. The number of piperazine rings is 1. The largest absolute Gasteiger partial charge is 0.355 e. The predicted octanol–water partition coefficient (Wildman–Crippen LogP) is 0.904. The number of amides is 1. The Hall–Kier alpha value is -1.51. The van der Waals surface area contributed by atoms with Crippen molar-refractivity contribution >= 4 is 15.9 Å². The zero-order chi connectivity index (χ0) is 17.7. The van der Waals surface area contributed by atoms with Gasteiger partial charge in [0.1, 0.15) is 5.82 Å². The van der Waals surface area contributed by atoms with E-state index in [1.54, 1.807) is 0 Å². The molecule has 8 heteroatoms. The highest BCUT2D eigenvalue weighted by Crippen LogP contribution is 2.18. The van der Waals surface area contributed by atoms with Crippen LogP contribution in [0.4, 0.5) is 4.39 Å². The van der Waals surface area contributed by atoms with E-state index in [4.69, 9.17) is 0 Å². The fraction of sp³-hybridized carbons (Fsp3) is 0.562. The molecule has 1 aromatic rings. The molecule has 0 aliphatic carbocycles. The number of carbonyl (C=O) groups excluding carboxylic acids is 1. The highest BCUT2D eigenvalue weighted by Gasteiger charge is 2.29. The van der Waals surface area contributed by atoms with Gasteiger partial charge in [-0.05, 0) is 24.1 Å². The minimum atomic E-state index is -3.69. The third-order valence-corrected chi connectivity index (χ3v) is 5.73. The highest BCUT2D eigenvalue weighted by atomic mass is 32.2. The minimum absolute atomic E-state index is 0.0365. The van der Waals surface area contributed by atoms with E-state index in [9.17, 15) is 17.6 Å². The van der Waals surface area contributed by atoms with Gasteiger partial charge in [0.2, 0.25) is 15.9 Å². The zero-order valence-electron chi connectivity index (χ0n) is 14.0. The summed E-state index contributed by atoms with van der Waals surface area (Å²) in [5.74, 6) is -0.233. The van der Waals surface area contributed by atoms with Gasteiger partial charge >= 0.3 is 0 Å². The zero-order valence-corrected chi connectivity index (χ0v) is 14.9. The number of carbonyl (C=O) groups is 1. The van der Waals surface area contributed by atoms with Crippen LogP contribution in [0.25, 0.3) is 0 Å². The Balaban J connectivity index is 1.89. The SMILES string of the molecule is CC(C)CNC(=O)CN1CCN(S(=O)(=O)c2cccc(F)c2)CC1. The van der Waals surface area contributed by atoms with Crippen LogP contribution in [0.2, 0.25) is 0 Å². The first-order chi connectivity index (χ1) is 11.3. The van der Waals surface area contributed by atoms with E-state index in [2.05, 4.69) is 5.32 Å². The van der Waals surface area contributed by atoms with Crippen LogP contribution in [0.3, 0.4) is 0 Å². The number of rotatable bonds is 6. The van der Waals surface area contributed by atoms with Crippen molar-refractivity contribution < 1.29 is 17.6 Å². The van der Waals surface area contributed by atoms with Crippen molar-refractivity contribution in [2.45, 2.75) is 18.7 Å². The topological polar surface area (TPSA) is 69.7 Å². The van der Waals surface area contributed by atoms with Gasteiger partial charge in [0, 0.05) is 32.7 Å². The van der Waals surface area contributed by atoms with E-state index in [0.717, 1.165) is 6.07 Å². The molecule has 1 aliphatic heterocycles. The number of hydrogen-bond acceptors (Lipinski definition) is 4. The number of nitrogens with zero attached hydrogens (tertiary/aromatic N) is 2. The maximum Gasteiger partial charge on any atom is 0.243 e. The number of benzene rings is 1. The van der Waals surface area contributed by atoms with Gasteiger partial charge < -0.3 is 5.32 Å². The number of hydrogen-bond donors (Lipinski definition) is 1. The molecule has 0 spiro atoms. The van der Waals surface area contributed by atoms with Gasteiger partial charge in [0.05, 0.1) is 11.4 Å². The number of nitrogens with one attached hydrogen (secondary N) is 1. The Labute approximate surface area is 142 Å². The van der Waals surface area contributed by atoms with Crippen molar-refractivity contribution in [3.8, 4) is 0 Å². The molecule has 0 unspecified atom stereocenters. The third-order valence-electron chi connectivity index (χ3n) is 3.84. The molecule has 134 valence electrons. The molecule has 1 heterocycles. The molecule has 0 radical (unpaired) electrons. The average molecular weight is 357 g/mol. The van der Waals surface area contributed by atoms with Crippen LogP contribution in [0.1, 0.15) is 13.8 Å². The lowest BCUT2D eigenvalue weighted by Crippen LogP contribution is -2.51. The minimum Gasteiger partial charge on any atom is -0.355 e. The fourth-order valence-electron chi connectivity index (χ4n) is 2.48. The van der Waals surface area contributed by atoms with Gasteiger partial charge in [0.15, 0.2) is 0 Å². The van der Waals surface area contributed by atoms with Crippen LogP contribution in [0.15, 0.2) is 29.2 Å². The Morgan fingerprint density at radius 3 is 2.50 bits per heavy atom. The molecule has 6 nitrogen and oxygen atoms in total. The van der Waals surface area contributed by atoms with E-state index in [1.807, 2.05) is 18.7 Å². The van der Waals surface area contributed by atoms with Crippen LogP contribution >= 0.6 is 0 Å². The average Bonchev–Trinajstić information content (AvgIpc) is 2.53. The smallest absolute Gasteiger partial charge is 0.243 e. The first-order valence-corrected chi connectivity index (χ1v) is 9.48. The summed E-state index contributed by atoms with van der Waals surface area (Å²) >= 11 is 0. The Morgan fingerprint density at radius 1 is 1.25 bits per heavy atom. The van der Waals surface area contributed by atoms with Gasteiger partial charge in [-0.15, -0.1) is 0 Å². The first kappa shape index (κ1) is 18.8. The maximum absolute atomic E-state index is 13.3. The molecule has 1 N–H and O–H groups in total. The van der Waals surface area contributed by atoms with Crippen molar-refractivity contribution in [2.24, 2.45) is 5.92 Å². The number of sulfonamides is 1. The fourth-order valence-corrected chi connectivity index (χ4v) is 3.94. The van der Waals surface area contributed by atoms with Crippen LogP contribution in [0.5, 0.6) is 0 Å². The quantitative estimate of drug-likeness (QED) is 0.821. The number of halogens is 1. The third kappa shape index (κ3) is 4.99. The maximum atomic E-state index is 13.3. The summed E-state index contributed by atoms with van der Waals surface area (Å²) < 4.78 is 39.6. The summed E-state index contributed by atoms with van der Waals surface area (Å²) in [5.41, 5.74) is 0. The lowest BCUT2D eigenvalue weighted by molar-refractivity contribution is -0.122. The summed E-state index contributed by atoms with van der Waals surface area (Å²) in [5, 5.41) is 2.85. The molecular formula is C16H24FN3O3S. The van der Waals surface area contributed by atoms with Crippen LogP contribution in [0, 0.1) is 11.7 Å². The predicted molar refractivity (Wildman–Crippen MR) is 89.4 cm³/mol. The Kier molecular flexibility index (Phi) is 6.31. The van der Waals surface area contributed by atoms with E-state index >= 15 is 0 Å². The molecule has 1 aromatic carbocycles. The van der Waals surface area contributed by atoms with Gasteiger partial charge in [-0.1, -0.05) is 19.9 Å². The molecule has 24 heavy (non-hydrogen) atoms. The molecule has 2 rings (SSSR count). The standard InChI is InChI=1S/C16H24FN3O3S/c1-13(2)11-18-16(21)12-19-6-8-20(9-7-19)24(22,23)15-5-3-4-14(17)10-15/h3-5,10,13H,6-9,11-12H2,1-2H3,(H,18,21).